The first kappa shape index (κ1) is 19.1. The van der Waals surface area contributed by atoms with Crippen molar-refractivity contribution in [1.29, 1.82) is 0 Å². The summed E-state index contributed by atoms with van der Waals surface area (Å²) < 4.78 is 14.1. The van der Waals surface area contributed by atoms with Gasteiger partial charge < -0.3 is 9.47 Å². The average Bonchev–Trinajstić information content (AvgIpc) is 3.42. The number of rotatable bonds is 6. The van der Waals surface area contributed by atoms with E-state index in [0.717, 1.165) is 45.2 Å². The Morgan fingerprint density at radius 3 is 2.77 bits per heavy atom. The van der Waals surface area contributed by atoms with E-state index in [1.165, 1.54) is 29.7 Å². The van der Waals surface area contributed by atoms with Crippen LogP contribution >= 0.6 is 11.3 Å². The van der Waals surface area contributed by atoms with Crippen LogP contribution < -0.4 is 19.6 Å². The van der Waals surface area contributed by atoms with Gasteiger partial charge in [0.05, 0.1) is 28.8 Å². The quantitative estimate of drug-likeness (QED) is 0.468. The molecule has 1 aliphatic carbocycles. The van der Waals surface area contributed by atoms with E-state index < -0.39 is 0 Å². The minimum absolute atomic E-state index is 0.0345. The van der Waals surface area contributed by atoms with Crippen LogP contribution in [-0.4, -0.2) is 22.6 Å². The topological polar surface area (TPSA) is 52.8 Å². The number of imidazole rings is 1. The van der Waals surface area contributed by atoms with E-state index in [9.17, 15) is 4.79 Å². The highest BCUT2D eigenvalue weighted by atomic mass is 32.1. The van der Waals surface area contributed by atoms with Crippen molar-refractivity contribution < 1.29 is 9.47 Å². The largest absolute Gasteiger partial charge is 0.490 e. The van der Waals surface area contributed by atoms with Crippen LogP contribution in [0.2, 0.25) is 0 Å². The fourth-order valence-electron chi connectivity index (χ4n) is 3.61. The van der Waals surface area contributed by atoms with Crippen LogP contribution in [0.3, 0.4) is 0 Å². The molecule has 1 saturated carbocycles. The van der Waals surface area contributed by atoms with Gasteiger partial charge in [0.2, 0.25) is 0 Å². The van der Waals surface area contributed by atoms with Gasteiger partial charge in [0, 0.05) is 0 Å². The molecule has 0 atom stereocenters. The summed E-state index contributed by atoms with van der Waals surface area (Å²) in [5.74, 6) is 2.16. The Bertz CT molecular complexity index is 1370. The number of nitrogens with zero attached hydrogens (tertiary/aromatic N) is 2. The number of hydrogen-bond acceptors (Lipinski definition) is 5. The molecule has 1 fully saturated rings. The predicted molar refractivity (Wildman–Crippen MR) is 121 cm³/mol. The van der Waals surface area contributed by atoms with Gasteiger partial charge in [0.15, 0.2) is 16.5 Å². The van der Waals surface area contributed by atoms with Gasteiger partial charge in [0.25, 0.3) is 5.56 Å². The molecular formula is C24H24N2O3S. The number of thiazole rings is 1. The van der Waals surface area contributed by atoms with E-state index in [2.05, 4.69) is 6.92 Å². The molecule has 0 radical (unpaired) electrons. The van der Waals surface area contributed by atoms with E-state index in [1.54, 1.807) is 4.40 Å². The monoisotopic (exact) mass is 420 g/mol. The van der Waals surface area contributed by atoms with E-state index in [-0.39, 0.29) is 5.56 Å². The van der Waals surface area contributed by atoms with E-state index in [4.69, 9.17) is 14.5 Å². The second kappa shape index (κ2) is 7.43. The third-order valence-electron chi connectivity index (χ3n) is 5.67. The Morgan fingerprint density at radius 1 is 1.17 bits per heavy atom. The fraction of sp³-hybridized carbons (Fsp3) is 0.333. The average molecular weight is 421 g/mol. The van der Waals surface area contributed by atoms with Crippen LogP contribution in [0.1, 0.15) is 36.5 Å². The van der Waals surface area contributed by atoms with Crippen LogP contribution in [0, 0.1) is 19.8 Å². The zero-order valence-electron chi connectivity index (χ0n) is 17.4. The molecule has 2 aromatic heterocycles. The maximum atomic E-state index is 13.1. The normalized spacial score (nSPS) is 14.7. The Hall–Kier alpha value is -2.86. The second-order valence-corrected chi connectivity index (χ2v) is 8.92. The number of fused-ring (bicyclic) bond motifs is 3. The van der Waals surface area contributed by atoms with Crippen molar-refractivity contribution in [2.24, 2.45) is 5.92 Å². The summed E-state index contributed by atoms with van der Waals surface area (Å²) in [7, 11) is 0. The Kier molecular flexibility index (Phi) is 4.74. The Labute approximate surface area is 178 Å². The second-order valence-electron chi connectivity index (χ2n) is 7.91. The van der Waals surface area contributed by atoms with Crippen molar-refractivity contribution in [2.75, 3.05) is 13.2 Å². The predicted octanol–water partition coefficient (Wildman–Crippen LogP) is 4.26. The smallest absolute Gasteiger partial charge is 0.274 e. The molecule has 30 heavy (non-hydrogen) atoms. The SMILES string of the molecule is CCOc1cc(C=c2sc3nc4c(C)c(C)ccc4n3c2=O)ccc1OCC1CC1. The Morgan fingerprint density at radius 2 is 2.00 bits per heavy atom. The summed E-state index contributed by atoms with van der Waals surface area (Å²) in [5.41, 5.74) is 4.95. The molecular weight excluding hydrogens is 396 g/mol. The van der Waals surface area contributed by atoms with E-state index in [1.807, 2.05) is 50.3 Å². The highest BCUT2D eigenvalue weighted by Gasteiger charge is 2.22. The first-order valence-electron chi connectivity index (χ1n) is 10.4. The summed E-state index contributed by atoms with van der Waals surface area (Å²) in [6.45, 7) is 7.37. The molecule has 0 unspecified atom stereocenters. The van der Waals surface area contributed by atoms with Crippen molar-refractivity contribution in [3.8, 4) is 11.5 Å². The molecule has 5 rings (SSSR count). The molecule has 2 aromatic carbocycles. The van der Waals surface area contributed by atoms with Gasteiger partial charge in [-0.2, -0.15) is 0 Å². The third-order valence-corrected chi connectivity index (χ3v) is 6.64. The van der Waals surface area contributed by atoms with Gasteiger partial charge in [-0.05, 0) is 80.5 Å². The number of aromatic nitrogens is 2. The van der Waals surface area contributed by atoms with Crippen molar-refractivity contribution in [3.63, 3.8) is 0 Å². The maximum absolute atomic E-state index is 13.1. The molecule has 4 aromatic rings. The summed E-state index contributed by atoms with van der Waals surface area (Å²) in [5, 5.41) is 0. The molecule has 0 amide bonds. The number of aryl methyl sites for hydroxylation is 2. The lowest BCUT2D eigenvalue weighted by molar-refractivity contribution is 0.267. The summed E-state index contributed by atoms with van der Waals surface area (Å²) >= 11 is 1.42. The minimum atomic E-state index is -0.0345. The molecule has 0 spiro atoms. The number of benzene rings is 2. The zero-order valence-corrected chi connectivity index (χ0v) is 18.2. The van der Waals surface area contributed by atoms with E-state index >= 15 is 0 Å². The molecule has 0 N–H and O–H groups in total. The van der Waals surface area contributed by atoms with Crippen molar-refractivity contribution in [2.45, 2.75) is 33.6 Å². The van der Waals surface area contributed by atoms with Gasteiger partial charge >= 0.3 is 0 Å². The van der Waals surface area contributed by atoms with Crippen molar-refractivity contribution in [1.82, 2.24) is 9.38 Å². The third kappa shape index (κ3) is 3.35. The first-order valence-corrected chi connectivity index (χ1v) is 11.2. The van der Waals surface area contributed by atoms with Gasteiger partial charge in [-0.3, -0.25) is 4.79 Å². The van der Waals surface area contributed by atoms with Crippen LogP contribution in [0.5, 0.6) is 11.5 Å². The van der Waals surface area contributed by atoms with Crippen LogP contribution in [-0.2, 0) is 0 Å². The fourth-order valence-corrected chi connectivity index (χ4v) is 4.59. The van der Waals surface area contributed by atoms with Crippen molar-refractivity contribution in [3.05, 3.63) is 61.9 Å². The lowest BCUT2D eigenvalue weighted by atomic mass is 10.1. The standard InChI is InChI=1S/C24H24N2O3S/c1-4-28-20-11-17(8-10-19(20)29-13-16-6-7-16)12-21-23(27)26-18-9-5-14(2)15(3)22(18)25-24(26)30-21/h5,8-12,16H,4,6-7,13H2,1-3H3. The maximum Gasteiger partial charge on any atom is 0.274 e. The van der Waals surface area contributed by atoms with Gasteiger partial charge in [0.1, 0.15) is 0 Å². The lowest BCUT2D eigenvalue weighted by Gasteiger charge is -2.12. The summed E-state index contributed by atoms with van der Waals surface area (Å²) in [6, 6.07) is 9.87. The number of ether oxygens (including phenoxy) is 2. The molecule has 1 aliphatic rings. The molecule has 6 heteroatoms. The van der Waals surface area contributed by atoms with Gasteiger partial charge in [-0.25, -0.2) is 9.38 Å². The molecule has 0 saturated heterocycles. The van der Waals surface area contributed by atoms with Crippen LogP contribution in [0.25, 0.3) is 22.1 Å². The lowest BCUT2D eigenvalue weighted by Crippen LogP contribution is -2.22. The molecule has 0 aliphatic heterocycles. The number of hydrogen-bond donors (Lipinski definition) is 0. The minimum Gasteiger partial charge on any atom is -0.490 e. The highest BCUT2D eigenvalue weighted by Crippen LogP contribution is 2.33. The van der Waals surface area contributed by atoms with Gasteiger partial charge in [-0.1, -0.05) is 23.5 Å². The molecule has 0 bridgehead atoms. The molecule has 154 valence electrons. The molecule has 2 heterocycles. The summed E-state index contributed by atoms with van der Waals surface area (Å²) in [4.78, 5) is 18.6. The van der Waals surface area contributed by atoms with Crippen LogP contribution in [0.4, 0.5) is 0 Å². The van der Waals surface area contributed by atoms with Gasteiger partial charge in [-0.15, -0.1) is 0 Å². The molecule has 5 nitrogen and oxygen atoms in total. The summed E-state index contributed by atoms with van der Waals surface area (Å²) in [6.07, 6.45) is 4.40. The van der Waals surface area contributed by atoms with Crippen molar-refractivity contribution >= 4 is 33.4 Å². The first-order chi connectivity index (χ1) is 14.5. The Balaban J connectivity index is 1.56. The highest BCUT2D eigenvalue weighted by molar-refractivity contribution is 7.15. The van der Waals surface area contributed by atoms with Crippen LogP contribution in [0.15, 0.2) is 35.1 Å². The zero-order chi connectivity index (χ0) is 20.8. The van der Waals surface area contributed by atoms with E-state index in [0.29, 0.717) is 17.1 Å².